The lowest BCUT2D eigenvalue weighted by atomic mass is 10.0. The third kappa shape index (κ3) is 3.81. The summed E-state index contributed by atoms with van der Waals surface area (Å²) >= 11 is 0. The van der Waals surface area contributed by atoms with Crippen molar-refractivity contribution in [3.63, 3.8) is 0 Å². The Morgan fingerprint density at radius 1 is 1.19 bits per heavy atom. The number of hydrogen-bond acceptors (Lipinski definition) is 4. The van der Waals surface area contributed by atoms with Crippen LogP contribution in [0, 0.1) is 0 Å². The molecule has 0 saturated carbocycles. The smallest absolute Gasteiger partial charge is 0.261 e. The van der Waals surface area contributed by atoms with E-state index in [-0.39, 0.29) is 23.2 Å². The molecular formula is C20H24N2O3S. The minimum absolute atomic E-state index is 0.0663. The molecule has 3 rings (SSSR count). The van der Waals surface area contributed by atoms with Crippen LogP contribution in [0.4, 0.5) is 0 Å². The van der Waals surface area contributed by atoms with E-state index in [0.717, 1.165) is 16.9 Å². The maximum absolute atomic E-state index is 13.0. The molecule has 138 valence electrons. The van der Waals surface area contributed by atoms with E-state index in [4.69, 9.17) is 4.74 Å². The molecule has 0 saturated heterocycles. The number of fused-ring (bicyclic) bond motifs is 1. The van der Waals surface area contributed by atoms with E-state index in [9.17, 15) is 8.42 Å². The molecule has 1 aromatic carbocycles. The van der Waals surface area contributed by atoms with Gasteiger partial charge in [-0.05, 0) is 63.6 Å². The normalized spacial score (nSPS) is 15.8. The number of nitrogens with zero attached hydrogens (tertiary/aromatic N) is 2. The van der Waals surface area contributed by atoms with Crippen molar-refractivity contribution in [1.82, 2.24) is 9.29 Å². The van der Waals surface area contributed by atoms with Crippen molar-refractivity contribution < 1.29 is 13.2 Å². The Balaban J connectivity index is 1.91. The minimum atomic E-state index is -3.67. The average molecular weight is 372 g/mol. The Kier molecular flexibility index (Phi) is 4.90. The SMILES string of the molecule is CC(C)N(Cc1ccc2c(c1)C=CC(C)(C)O2)S(=O)(=O)c1ccccn1. The van der Waals surface area contributed by atoms with Gasteiger partial charge in [0, 0.05) is 24.3 Å². The molecule has 0 aliphatic carbocycles. The molecule has 0 amide bonds. The van der Waals surface area contributed by atoms with Gasteiger partial charge in [0.05, 0.1) is 0 Å². The molecule has 6 heteroatoms. The topological polar surface area (TPSA) is 59.5 Å². The summed E-state index contributed by atoms with van der Waals surface area (Å²) in [6.45, 7) is 8.01. The molecule has 1 aliphatic rings. The highest BCUT2D eigenvalue weighted by molar-refractivity contribution is 7.89. The zero-order chi connectivity index (χ0) is 18.9. The van der Waals surface area contributed by atoms with Gasteiger partial charge in [0.1, 0.15) is 11.4 Å². The molecule has 0 N–H and O–H groups in total. The third-order valence-corrected chi connectivity index (χ3v) is 6.17. The molecule has 5 nitrogen and oxygen atoms in total. The maximum atomic E-state index is 13.0. The lowest BCUT2D eigenvalue weighted by Gasteiger charge is -2.29. The fourth-order valence-electron chi connectivity index (χ4n) is 2.87. The van der Waals surface area contributed by atoms with Crippen molar-refractivity contribution in [3.8, 4) is 5.75 Å². The van der Waals surface area contributed by atoms with Gasteiger partial charge in [-0.25, -0.2) is 13.4 Å². The minimum Gasteiger partial charge on any atom is -0.483 e. The van der Waals surface area contributed by atoms with E-state index in [0.29, 0.717) is 0 Å². The van der Waals surface area contributed by atoms with Crippen LogP contribution in [0.5, 0.6) is 5.75 Å². The van der Waals surface area contributed by atoms with Crippen molar-refractivity contribution in [2.24, 2.45) is 0 Å². The van der Waals surface area contributed by atoms with Gasteiger partial charge in [-0.1, -0.05) is 18.2 Å². The average Bonchev–Trinajstić information content (AvgIpc) is 2.59. The molecular weight excluding hydrogens is 348 g/mol. The Bertz CT molecular complexity index is 919. The molecule has 1 aliphatic heterocycles. The standard InChI is InChI=1S/C20H24N2O3S/c1-15(2)22(26(23,24)19-7-5-6-12-21-19)14-16-8-9-18-17(13-16)10-11-20(3,4)25-18/h5-13,15H,14H2,1-4H3. The number of rotatable bonds is 5. The van der Waals surface area contributed by atoms with Gasteiger partial charge in [0.2, 0.25) is 0 Å². The molecule has 26 heavy (non-hydrogen) atoms. The first kappa shape index (κ1) is 18.6. The Labute approximate surface area is 155 Å². The third-order valence-electron chi connectivity index (χ3n) is 4.24. The van der Waals surface area contributed by atoms with Gasteiger partial charge in [0.25, 0.3) is 10.0 Å². The molecule has 0 atom stereocenters. The highest BCUT2D eigenvalue weighted by atomic mass is 32.2. The second kappa shape index (κ2) is 6.85. The molecule has 1 aromatic heterocycles. The molecule has 0 fully saturated rings. The summed E-state index contributed by atoms with van der Waals surface area (Å²) in [5.74, 6) is 0.810. The highest BCUT2D eigenvalue weighted by Gasteiger charge is 2.29. The van der Waals surface area contributed by atoms with Crippen LogP contribution in [0.2, 0.25) is 0 Å². The first-order valence-corrected chi connectivity index (χ1v) is 10.1. The van der Waals surface area contributed by atoms with Gasteiger partial charge >= 0.3 is 0 Å². The first-order chi connectivity index (χ1) is 12.2. The second-order valence-corrected chi connectivity index (χ2v) is 9.06. The summed E-state index contributed by atoms with van der Waals surface area (Å²) in [5.41, 5.74) is 1.53. The predicted octanol–water partition coefficient (Wildman–Crippen LogP) is 3.87. The maximum Gasteiger partial charge on any atom is 0.261 e. The van der Waals surface area contributed by atoms with Gasteiger partial charge in [-0.15, -0.1) is 0 Å². The van der Waals surface area contributed by atoms with Crippen LogP contribution in [0.15, 0.2) is 53.7 Å². The lowest BCUT2D eigenvalue weighted by Crippen LogP contribution is -2.36. The molecule has 2 heterocycles. The van der Waals surface area contributed by atoms with Crippen molar-refractivity contribution in [2.45, 2.75) is 50.9 Å². The first-order valence-electron chi connectivity index (χ1n) is 8.63. The molecule has 0 bridgehead atoms. The van der Waals surface area contributed by atoms with Gasteiger partial charge in [0.15, 0.2) is 5.03 Å². The highest BCUT2D eigenvalue weighted by Crippen LogP contribution is 2.32. The number of pyridine rings is 1. The van der Waals surface area contributed by atoms with Crippen molar-refractivity contribution in [3.05, 3.63) is 59.8 Å². The summed E-state index contributed by atoms with van der Waals surface area (Å²) in [7, 11) is -3.67. The van der Waals surface area contributed by atoms with E-state index in [2.05, 4.69) is 4.98 Å². The zero-order valence-corrected chi connectivity index (χ0v) is 16.3. The van der Waals surface area contributed by atoms with Gasteiger partial charge < -0.3 is 4.74 Å². The summed E-state index contributed by atoms with van der Waals surface area (Å²) in [4.78, 5) is 4.02. The van der Waals surface area contributed by atoms with Crippen LogP contribution in [-0.4, -0.2) is 29.3 Å². The van der Waals surface area contributed by atoms with Crippen LogP contribution in [0.25, 0.3) is 6.08 Å². The quantitative estimate of drug-likeness (QED) is 0.799. The van der Waals surface area contributed by atoms with Crippen LogP contribution in [0.1, 0.15) is 38.8 Å². The summed E-state index contributed by atoms with van der Waals surface area (Å²) in [6.07, 6.45) is 5.52. The molecule has 0 unspecified atom stereocenters. The largest absolute Gasteiger partial charge is 0.483 e. The lowest BCUT2D eigenvalue weighted by molar-refractivity contribution is 0.159. The predicted molar refractivity (Wildman–Crippen MR) is 102 cm³/mol. The number of ether oxygens (including phenoxy) is 1. The van der Waals surface area contributed by atoms with Gasteiger partial charge in [-0.2, -0.15) is 4.31 Å². The molecule has 2 aromatic rings. The van der Waals surface area contributed by atoms with Crippen LogP contribution < -0.4 is 4.74 Å². The summed E-state index contributed by atoms with van der Waals surface area (Å²) < 4.78 is 33.4. The van der Waals surface area contributed by atoms with E-state index in [1.165, 1.54) is 16.6 Å². The van der Waals surface area contributed by atoms with E-state index < -0.39 is 10.0 Å². The fourth-order valence-corrected chi connectivity index (χ4v) is 4.43. The van der Waals surface area contributed by atoms with Crippen molar-refractivity contribution in [1.29, 1.82) is 0 Å². The van der Waals surface area contributed by atoms with Crippen LogP contribution in [-0.2, 0) is 16.6 Å². The molecule has 0 radical (unpaired) electrons. The van der Waals surface area contributed by atoms with E-state index in [1.54, 1.807) is 12.1 Å². The number of benzene rings is 1. The monoisotopic (exact) mass is 372 g/mol. The van der Waals surface area contributed by atoms with Crippen LogP contribution >= 0.6 is 0 Å². The van der Waals surface area contributed by atoms with Gasteiger partial charge in [-0.3, -0.25) is 0 Å². The number of hydrogen-bond donors (Lipinski definition) is 0. The van der Waals surface area contributed by atoms with Crippen molar-refractivity contribution in [2.75, 3.05) is 0 Å². The van der Waals surface area contributed by atoms with Crippen molar-refractivity contribution >= 4 is 16.1 Å². The number of sulfonamides is 1. The number of aromatic nitrogens is 1. The van der Waals surface area contributed by atoms with Crippen LogP contribution in [0.3, 0.4) is 0 Å². The van der Waals surface area contributed by atoms with E-state index in [1.807, 2.05) is 58.0 Å². The summed E-state index contributed by atoms with van der Waals surface area (Å²) in [5, 5.41) is 0.0663. The fraction of sp³-hybridized carbons (Fsp3) is 0.350. The molecule has 0 spiro atoms. The Hall–Kier alpha value is -2.18. The summed E-state index contributed by atoms with van der Waals surface area (Å²) in [6, 6.07) is 10.5. The Morgan fingerprint density at radius 3 is 2.62 bits per heavy atom. The zero-order valence-electron chi connectivity index (χ0n) is 15.5. The van der Waals surface area contributed by atoms with E-state index >= 15 is 0 Å². The second-order valence-electron chi connectivity index (χ2n) is 7.22. The Morgan fingerprint density at radius 2 is 1.96 bits per heavy atom.